The van der Waals surface area contributed by atoms with E-state index in [1.54, 1.807) is 19.3 Å². The molecule has 0 radical (unpaired) electrons. The van der Waals surface area contributed by atoms with Crippen LogP contribution >= 0.6 is 15.9 Å². The number of aliphatic imine (C=N–C) groups is 1. The van der Waals surface area contributed by atoms with Gasteiger partial charge in [0.2, 0.25) is 5.90 Å². The molecule has 168 valence electrons. The Bertz CT molecular complexity index is 1180. The topological polar surface area (TPSA) is 66.4 Å². The lowest BCUT2D eigenvalue weighted by atomic mass is 10.1. The predicted molar refractivity (Wildman–Crippen MR) is 130 cm³/mol. The predicted octanol–water partition coefficient (Wildman–Crippen LogP) is 5.65. The summed E-state index contributed by atoms with van der Waals surface area (Å²) in [6.45, 7) is 0.997. The second kappa shape index (κ2) is 10.8. The highest BCUT2D eigenvalue weighted by atomic mass is 79.9. The number of cyclic esters (lactones) is 1. The Morgan fingerprint density at radius 1 is 0.970 bits per heavy atom. The van der Waals surface area contributed by atoms with Gasteiger partial charge in [-0.25, -0.2) is 9.79 Å². The standard InChI is InChI=1S/C26H22BrNO5/c1-30-23-17-18(16-22-26(29)33-25(28-22)19-9-4-2-5-10-19)15-21(27)24(23)32-14-8-13-31-20-11-6-3-7-12-20/h2-7,9-12,15-17H,8,13-14H2,1H3/b22-16+. The van der Waals surface area contributed by atoms with E-state index in [-0.39, 0.29) is 11.6 Å². The highest BCUT2D eigenvalue weighted by molar-refractivity contribution is 9.10. The van der Waals surface area contributed by atoms with E-state index in [0.717, 1.165) is 16.9 Å². The van der Waals surface area contributed by atoms with Gasteiger partial charge in [-0.2, -0.15) is 0 Å². The molecule has 0 aliphatic carbocycles. The fourth-order valence-electron chi connectivity index (χ4n) is 3.17. The molecule has 0 aromatic heterocycles. The van der Waals surface area contributed by atoms with Crippen LogP contribution in [0.1, 0.15) is 17.5 Å². The van der Waals surface area contributed by atoms with Crippen LogP contribution in [0.3, 0.4) is 0 Å². The Morgan fingerprint density at radius 2 is 1.67 bits per heavy atom. The number of esters is 1. The first kappa shape index (κ1) is 22.6. The third-order valence-corrected chi connectivity index (χ3v) is 5.33. The first-order valence-corrected chi connectivity index (χ1v) is 11.2. The normalized spacial score (nSPS) is 14.1. The zero-order valence-electron chi connectivity index (χ0n) is 18.0. The van der Waals surface area contributed by atoms with E-state index in [9.17, 15) is 4.79 Å². The maximum atomic E-state index is 12.3. The smallest absolute Gasteiger partial charge is 0.363 e. The van der Waals surface area contributed by atoms with E-state index in [2.05, 4.69) is 20.9 Å². The maximum Gasteiger partial charge on any atom is 0.363 e. The minimum atomic E-state index is -0.498. The lowest BCUT2D eigenvalue weighted by Gasteiger charge is -2.14. The van der Waals surface area contributed by atoms with Crippen LogP contribution in [0, 0.1) is 0 Å². The monoisotopic (exact) mass is 507 g/mol. The molecule has 7 heteroatoms. The van der Waals surface area contributed by atoms with Gasteiger partial charge in [-0.1, -0.05) is 36.4 Å². The van der Waals surface area contributed by atoms with Gasteiger partial charge in [0.25, 0.3) is 0 Å². The Labute approximate surface area is 200 Å². The number of ether oxygens (including phenoxy) is 4. The summed E-state index contributed by atoms with van der Waals surface area (Å²) >= 11 is 3.54. The number of benzene rings is 3. The summed E-state index contributed by atoms with van der Waals surface area (Å²) in [5.74, 6) is 1.75. The molecule has 33 heavy (non-hydrogen) atoms. The molecule has 4 rings (SSSR count). The molecule has 0 spiro atoms. The van der Waals surface area contributed by atoms with E-state index < -0.39 is 5.97 Å². The van der Waals surface area contributed by atoms with Gasteiger partial charge >= 0.3 is 5.97 Å². The molecular weight excluding hydrogens is 486 g/mol. The molecule has 1 aliphatic rings. The average molecular weight is 508 g/mol. The second-order valence-corrected chi connectivity index (χ2v) is 7.95. The van der Waals surface area contributed by atoms with E-state index in [4.69, 9.17) is 18.9 Å². The minimum Gasteiger partial charge on any atom is -0.493 e. The molecule has 3 aromatic carbocycles. The van der Waals surface area contributed by atoms with Crippen molar-refractivity contribution in [3.05, 3.63) is 94.1 Å². The van der Waals surface area contributed by atoms with Crippen molar-refractivity contribution in [1.82, 2.24) is 0 Å². The van der Waals surface area contributed by atoms with Crippen molar-refractivity contribution in [3.8, 4) is 17.2 Å². The largest absolute Gasteiger partial charge is 0.493 e. The Hall–Kier alpha value is -3.58. The first-order valence-electron chi connectivity index (χ1n) is 10.4. The van der Waals surface area contributed by atoms with Crippen LogP contribution in [-0.4, -0.2) is 32.2 Å². The summed E-state index contributed by atoms with van der Waals surface area (Å²) in [4.78, 5) is 16.6. The highest BCUT2D eigenvalue weighted by Crippen LogP contribution is 2.37. The molecule has 1 heterocycles. The summed E-state index contributed by atoms with van der Waals surface area (Å²) in [6, 6.07) is 22.6. The highest BCUT2D eigenvalue weighted by Gasteiger charge is 2.24. The molecule has 0 N–H and O–H groups in total. The summed E-state index contributed by atoms with van der Waals surface area (Å²) in [7, 11) is 1.57. The number of nitrogens with zero attached hydrogens (tertiary/aromatic N) is 1. The fraction of sp³-hybridized carbons (Fsp3) is 0.154. The van der Waals surface area contributed by atoms with Crippen LogP contribution in [0.25, 0.3) is 6.08 Å². The Kier molecular flexibility index (Phi) is 7.42. The van der Waals surface area contributed by atoms with Crippen LogP contribution in [-0.2, 0) is 9.53 Å². The zero-order chi connectivity index (χ0) is 23.0. The summed E-state index contributed by atoms with van der Waals surface area (Å²) in [6.07, 6.45) is 2.36. The van der Waals surface area contributed by atoms with Crippen molar-refractivity contribution < 1.29 is 23.7 Å². The van der Waals surface area contributed by atoms with Gasteiger partial charge in [-0.3, -0.25) is 0 Å². The van der Waals surface area contributed by atoms with Crippen LogP contribution in [0.2, 0.25) is 0 Å². The third-order valence-electron chi connectivity index (χ3n) is 4.74. The number of rotatable bonds is 9. The van der Waals surface area contributed by atoms with Gasteiger partial charge in [0.1, 0.15) is 5.75 Å². The van der Waals surface area contributed by atoms with Gasteiger partial charge in [0, 0.05) is 12.0 Å². The first-order chi connectivity index (χ1) is 16.1. The lowest BCUT2D eigenvalue weighted by Crippen LogP contribution is -2.06. The van der Waals surface area contributed by atoms with Crippen molar-refractivity contribution >= 4 is 33.9 Å². The van der Waals surface area contributed by atoms with E-state index in [1.807, 2.05) is 66.7 Å². The average Bonchev–Trinajstić information content (AvgIpc) is 3.21. The summed E-state index contributed by atoms with van der Waals surface area (Å²) in [5.41, 5.74) is 1.69. The fourth-order valence-corrected chi connectivity index (χ4v) is 3.75. The van der Waals surface area contributed by atoms with Crippen molar-refractivity contribution in [3.63, 3.8) is 0 Å². The Morgan fingerprint density at radius 3 is 2.39 bits per heavy atom. The zero-order valence-corrected chi connectivity index (χ0v) is 19.6. The number of carbonyl (C=O) groups is 1. The molecule has 1 aliphatic heterocycles. The SMILES string of the molecule is COc1cc(/C=C2/N=C(c3ccccc3)OC2=O)cc(Br)c1OCCCOc1ccccc1. The van der Waals surface area contributed by atoms with Crippen molar-refractivity contribution in [2.45, 2.75) is 6.42 Å². The lowest BCUT2D eigenvalue weighted by molar-refractivity contribution is -0.129. The number of carbonyl (C=O) groups excluding carboxylic acids is 1. The summed E-state index contributed by atoms with van der Waals surface area (Å²) in [5, 5.41) is 0. The van der Waals surface area contributed by atoms with E-state index in [1.165, 1.54) is 0 Å². The van der Waals surface area contributed by atoms with Crippen LogP contribution in [0.5, 0.6) is 17.2 Å². The van der Waals surface area contributed by atoms with E-state index in [0.29, 0.717) is 35.6 Å². The number of halogens is 1. The molecule has 6 nitrogen and oxygen atoms in total. The van der Waals surface area contributed by atoms with Crippen LogP contribution < -0.4 is 14.2 Å². The van der Waals surface area contributed by atoms with Gasteiger partial charge in [0.05, 0.1) is 24.8 Å². The van der Waals surface area contributed by atoms with Crippen molar-refractivity contribution in [1.29, 1.82) is 0 Å². The number of methoxy groups -OCH3 is 1. The molecule has 0 fully saturated rings. The molecule has 0 bridgehead atoms. The number of para-hydroxylation sites is 1. The van der Waals surface area contributed by atoms with Crippen LogP contribution in [0.4, 0.5) is 0 Å². The minimum absolute atomic E-state index is 0.217. The van der Waals surface area contributed by atoms with Gasteiger partial charge < -0.3 is 18.9 Å². The Balaban J connectivity index is 1.42. The van der Waals surface area contributed by atoms with Crippen molar-refractivity contribution in [2.24, 2.45) is 4.99 Å². The maximum absolute atomic E-state index is 12.3. The molecule has 0 unspecified atom stereocenters. The van der Waals surface area contributed by atoms with Crippen molar-refractivity contribution in [2.75, 3.05) is 20.3 Å². The molecule has 0 amide bonds. The van der Waals surface area contributed by atoms with Crippen LogP contribution in [0.15, 0.2) is 88.0 Å². The molecular formula is C26H22BrNO5. The second-order valence-electron chi connectivity index (χ2n) is 7.10. The molecule has 0 saturated carbocycles. The van der Waals surface area contributed by atoms with Gasteiger partial charge in [0.15, 0.2) is 17.2 Å². The molecule has 3 aromatic rings. The number of hydrogen-bond donors (Lipinski definition) is 0. The van der Waals surface area contributed by atoms with E-state index >= 15 is 0 Å². The number of hydrogen-bond acceptors (Lipinski definition) is 6. The molecule has 0 atom stereocenters. The third kappa shape index (κ3) is 5.81. The van der Waals surface area contributed by atoms with Gasteiger partial charge in [-0.15, -0.1) is 0 Å². The summed E-state index contributed by atoms with van der Waals surface area (Å²) < 4.78 is 23.1. The molecule has 0 saturated heterocycles. The quantitative estimate of drug-likeness (QED) is 0.212. The van der Waals surface area contributed by atoms with Gasteiger partial charge in [-0.05, 0) is 64.0 Å².